The molecule has 0 aliphatic heterocycles. The van der Waals surface area contributed by atoms with E-state index in [0.29, 0.717) is 6.42 Å². The molecule has 0 saturated heterocycles. The zero-order valence-electron chi connectivity index (χ0n) is 5.33. The monoisotopic (exact) mass is 147 g/mol. The first kappa shape index (κ1) is 8.74. The fraction of sp³-hybridized carbons (Fsp3) is 0.600. The Morgan fingerprint density at radius 3 is 2.30 bits per heavy atom. The predicted octanol–water partition coefficient (Wildman–Crippen LogP) is 0.119. The van der Waals surface area contributed by atoms with Crippen LogP contribution in [0.3, 0.4) is 0 Å². The summed E-state index contributed by atoms with van der Waals surface area (Å²) in [6.45, 7) is 0.196. The van der Waals surface area contributed by atoms with E-state index in [1.165, 1.54) is 0 Å². The van der Waals surface area contributed by atoms with Crippen molar-refractivity contribution in [3.8, 4) is 0 Å². The maximum atomic E-state index is 9.87. The van der Waals surface area contributed by atoms with E-state index in [4.69, 9.17) is 10.2 Å². The van der Waals surface area contributed by atoms with Crippen molar-refractivity contribution in [1.82, 2.24) is 5.32 Å². The van der Waals surface area contributed by atoms with E-state index in [-0.39, 0.29) is 13.0 Å². The van der Waals surface area contributed by atoms with Crippen LogP contribution >= 0.6 is 0 Å². The molecule has 5 heteroatoms. The topological polar surface area (TPSA) is 86.6 Å². The summed E-state index contributed by atoms with van der Waals surface area (Å²) in [7, 11) is 0. The summed E-state index contributed by atoms with van der Waals surface area (Å²) in [6, 6.07) is 0. The number of rotatable bonds is 4. The van der Waals surface area contributed by atoms with Crippen molar-refractivity contribution in [2.75, 3.05) is 6.54 Å². The minimum Gasteiger partial charge on any atom is -0.481 e. The van der Waals surface area contributed by atoms with Gasteiger partial charge < -0.3 is 15.5 Å². The molecule has 0 heterocycles. The first-order valence-corrected chi connectivity index (χ1v) is 2.81. The Morgan fingerprint density at radius 2 is 1.90 bits per heavy atom. The van der Waals surface area contributed by atoms with Gasteiger partial charge in [-0.2, -0.15) is 0 Å². The summed E-state index contributed by atoms with van der Waals surface area (Å²) >= 11 is 0. The normalized spacial score (nSPS) is 8.80. The van der Waals surface area contributed by atoms with Crippen molar-refractivity contribution >= 4 is 12.1 Å². The van der Waals surface area contributed by atoms with Gasteiger partial charge in [0.2, 0.25) is 0 Å². The van der Waals surface area contributed by atoms with E-state index in [9.17, 15) is 9.59 Å². The Bertz CT molecular complexity index is 118. The van der Waals surface area contributed by atoms with Crippen LogP contribution in [0.1, 0.15) is 12.8 Å². The third-order valence-electron chi connectivity index (χ3n) is 0.844. The molecule has 0 atom stereocenters. The minimum atomic E-state index is -1.12. The zero-order valence-corrected chi connectivity index (χ0v) is 5.33. The van der Waals surface area contributed by atoms with Crippen LogP contribution in [0.25, 0.3) is 0 Å². The largest absolute Gasteiger partial charge is 0.481 e. The SMILES string of the molecule is O=C(O)CCCNC(=O)O. The maximum absolute atomic E-state index is 9.87. The summed E-state index contributed by atoms with van der Waals surface area (Å²) in [5.41, 5.74) is 0. The van der Waals surface area contributed by atoms with E-state index in [1.54, 1.807) is 0 Å². The van der Waals surface area contributed by atoms with Crippen LogP contribution in [-0.4, -0.2) is 28.8 Å². The molecule has 58 valence electrons. The minimum absolute atomic E-state index is 0.000278. The van der Waals surface area contributed by atoms with Gasteiger partial charge in [-0.3, -0.25) is 4.79 Å². The highest BCUT2D eigenvalue weighted by Crippen LogP contribution is 1.84. The molecule has 0 aromatic rings. The summed E-state index contributed by atoms with van der Waals surface area (Å²) in [4.78, 5) is 19.7. The molecule has 10 heavy (non-hydrogen) atoms. The average molecular weight is 147 g/mol. The number of carboxylic acids is 1. The fourth-order valence-electron chi connectivity index (χ4n) is 0.435. The molecule has 0 aliphatic carbocycles. The fourth-order valence-corrected chi connectivity index (χ4v) is 0.435. The van der Waals surface area contributed by atoms with Gasteiger partial charge in [-0.15, -0.1) is 0 Å². The molecule has 3 N–H and O–H groups in total. The summed E-state index contributed by atoms with van der Waals surface area (Å²) in [5, 5.41) is 18.2. The predicted molar refractivity (Wildman–Crippen MR) is 32.9 cm³/mol. The molecule has 0 saturated carbocycles. The first-order valence-electron chi connectivity index (χ1n) is 2.81. The van der Waals surface area contributed by atoms with Gasteiger partial charge in [-0.05, 0) is 6.42 Å². The lowest BCUT2D eigenvalue weighted by Crippen LogP contribution is -2.22. The third-order valence-corrected chi connectivity index (χ3v) is 0.844. The lowest BCUT2D eigenvalue weighted by molar-refractivity contribution is -0.137. The van der Waals surface area contributed by atoms with Crippen LogP contribution in [0.4, 0.5) is 4.79 Å². The molecule has 0 aromatic heterocycles. The second-order valence-electron chi connectivity index (χ2n) is 1.73. The summed E-state index contributed by atoms with van der Waals surface area (Å²) in [6.07, 6.45) is -0.785. The highest BCUT2D eigenvalue weighted by atomic mass is 16.4. The van der Waals surface area contributed by atoms with E-state index < -0.39 is 12.1 Å². The smallest absolute Gasteiger partial charge is 0.404 e. The molecule has 1 amide bonds. The maximum Gasteiger partial charge on any atom is 0.404 e. The quantitative estimate of drug-likeness (QED) is 0.493. The third kappa shape index (κ3) is 6.74. The first-order chi connectivity index (χ1) is 4.63. The molecule has 0 fully saturated rings. The number of nitrogens with one attached hydrogen (secondary N) is 1. The van der Waals surface area contributed by atoms with Crippen molar-refractivity contribution in [2.24, 2.45) is 0 Å². The lowest BCUT2D eigenvalue weighted by atomic mass is 10.3. The molecular weight excluding hydrogens is 138 g/mol. The van der Waals surface area contributed by atoms with Gasteiger partial charge >= 0.3 is 12.1 Å². The van der Waals surface area contributed by atoms with Crippen LogP contribution in [-0.2, 0) is 4.79 Å². The van der Waals surface area contributed by atoms with Crippen molar-refractivity contribution in [3.63, 3.8) is 0 Å². The molecule has 0 spiro atoms. The number of carboxylic acid groups (broad SMARTS) is 2. The molecule has 0 bridgehead atoms. The Balaban J connectivity index is 3.06. The summed E-state index contributed by atoms with van der Waals surface area (Å²) in [5.74, 6) is -0.910. The van der Waals surface area contributed by atoms with E-state index in [1.807, 2.05) is 0 Å². The Labute approximate surface area is 57.7 Å². The number of hydrogen-bond donors (Lipinski definition) is 3. The van der Waals surface area contributed by atoms with Crippen LogP contribution in [0.15, 0.2) is 0 Å². The number of hydrogen-bond acceptors (Lipinski definition) is 2. The molecule has 5 nitrogen and oxygen atoms in total. The molecule has 0 unspecified atom stereocenters. The van der Waals surface area contributed by atoms with Crippen LogP contribution in [0, 0.1) is 0 Å². The zero-order chi connectivity index (χ0) is 7.98. The van der Waals surface area contributed by atoms with Crippen molar-refractivity contribution in [3.05, 3.63) is 0 Å². The Hall–Kier alpha value is -1.26. The van der Waals surface area contributed by atoms with Crippen molar-refractivity contribution < 1.29 is 19.8 Å². The van der Waals surface area contributed by atoms with E-state index >= 15 is 0 Å². The van der Waals surface area contributed by atoms with Crippen molar-refractivity contribution in [1.29, 1.82) is 0 Å². The highest BCUT2D eigenvalue weighted by Gasteiger charge is 1.96. The van der Waals surface area contributed by atoms with Crippen LogP contribution in [0.2, 0.25) is 0 Å². The number of amides is 1. The molecule has 0 rings (SSSR count). The molecule has 0 aliphatic rings. The highest BCUT2D eigenvalue weighted by molar-refractivity contribution is 5.67. The van der Waals surface area contributed by atoms with Crippen molar-refractivity contribution in [2.45, 2.75) is 12.8 Å². The van der Waals surface area contributed by atoms with Crippen LogP contribution in [0.5, 0.6) is 0 Å². The van der Waals surface area contributed by atoms with Gasteiger partial charge in [0, 0.05) is 13.0 Å². The molecule has 0 radical (unpaired) electrons. The summed E-state index contributed by atoms with van der Waals surface area (Å²) < 4.78 is 0. The number of carbonyl (C=O) groups is 2. The van der Waals surface area contributed by atoms with Gasteiger partial charge in [-0.1, -0.05) is 0 Å². The van der Waals surface area contributed by atoms with Gasteiger partial charge in [0.15, 0.2) is 0 Å². The second kappa shape index (κ2) is 4.60. The standard InChI is InChI=1S/C5H9NO4/c7-4(8)2-1-3-6-5(9)10/h6H,1-3H2,(H,7,8)(H,9,10). The van der Waals surface area contributed by atoms with Gasteiger partial charge in [0.05, 0.1) is 0 Å². The lowest BCUT2D eigenvalue weighted by Gasteiger charge is -1.96. The second-order valence-corrected chi connectivity index (χ2v) is 1.73. The Morgan fingerprint density at radius 1 is 1.30 bits per heavy atom. The van der Waals surface area contributed by atoms with E-state index in [2.05, 4.69) is 5.32 Å². The van der Waals surface area contributed by atoms with E-state index in [0.717, 1.165) is 0 Å². The average Bonchev–Trinajstić information content (AvgIpc) is 1.79. The van der Waals surface area contributed by atoms with Gasteiger partial charge in [0.25, 0.3) is 0 Å². The van der Waals surface area contributed by atoms with Gasteiger partial charge in [0.1, 0.15) is 0 Å². The number of aliphatic carboxylic acids is 1. The Kier molecular flexibility index (Phi) is 4.02. The van der Waals surface area contributed by atoms with Gasteiger partial charge in [-0.25, -0.2) is 4.79 Å². The molecule has 0 aromatic carbocycles. The van der Waals surface area contributed by atoms with Crippen LogP contribution < -0.4 is 5.32 Å². The molecular formula is C5H9NO4.